The Bertz CT molecular complexity index is 615. The van der Waals surface area contributed by atoms with Crippen molar-refractivity contribution in [3.63, 3.8) is 0 Å². The molecule has 1 N–H and O–H groups in total. The van der Waals surface area contributed by atoms with Gasteiger partial charge in [-0.1, -0.05) is 20.8 Å². The number of nitro groups is 1. The van der Waals surface area contributed by atoms with Gasteiger partial charge >= 0.3 is 5.97 Å². The van der Waals surface area contributed by atoms with Crippen LogP contribution in [0.5, 0.6) is 0 Å². The van der Waals surface area contributed by atoms with Crippen LogP contribution < -0.4 is 5.32 Å². The van der Waals surface area contributed by atoms with Gasteiger partial charge in [-0.2, -0.15) is 0 Å². The van der Waals surface area contributed by atoms with Gasteiger partial charge in [0, 0.05) is 17.7 Å². The van der Waals surface area contributed by atoms with Crippen LogP contribution in [0.3, 0.4) is 0 Å². The molecule has 0 aromatic heterocycles. The highest BCUT2D eigenvalue weighted by Gasteiger charge is 2.27. The molecule has 0 heterocycles. The van der Waals surface area contributed by atoms with Crippen LogP contribution in [0.2, 0.25) is 0 Å². The minimum absolute atomic E-state index is 0.0478. The maximum Gasteiger partial charge on any atom is 0.338 e. The van der Waals surface area contributed by atoms with Crippen molar-refractivity contribution in [2.45, 2.75) is 46.6 Å². The maximum absolute atomic E-state index is 11.9. The molecule has 132 valence electrons. The Kier molecular flexibility index (Phi) is 6.06. The molecule has 0 unspecified atom stereocenters. The number of carbonyl (C=O) groups is 2. The number of esters is 1. The van der Waals surface area contributed by atoms with Crippen LogP contribution in [0.25, 0.3) is 0 Å². The summed E-state index contributed by atoms with van der Waals surface area (Å²) < 4.78 is 4.95. The molecule has 1 aromatic rings. The summed E-state index contributed by atoms with van der Waals surface area (Å²) in [5.74, 6) is -1.09. The molecule has 1 rings (SSSR count). The number of carbonyl (C=O) groups excluding carboxylic acids is 2. The van der Waals surface area contributed by atoms with Crippen molar-refractivity contribution in [2.24, 2.45) is 5.41 Å². The zero-order valence-corrected chi connectivity index (χ0v) is 14.7. The van der Waals surface area contributed by atoms with E-state index in [4.69, 9.17) is 4.74 Å². The third-order valence-corrected chi connectivity index (χ3v) is 3.10. The lowest BCUT2D eigenvalue weighted by Crippen LogP contribution is -2.47. The van der Waals surface area contributed by atoms with Gasteiger partial charge in [0.05, 0.1) is 10.5 Å². The van der Waals surface area contributed by atoms with Gasteiger partial charge in [0.1, 0.15) is 0 Å². The van der Waals surface area contributed by atoms with Crippen molar-refractivity contribution in [2.75, 3.05) is 6.61 Å². The van der Waals surface area contributed by atoms with Crippen LogP contribution in [0.4, 0.5) is 5.69 Å². The summed E-state index contributed by atoms with van der Waals surface area (Å²) in [6.07, 6.45) is 0.766. The number of amides is 1. The van der Waals surface area contributed by atoms with E-state index in [1.54, 1.807) is 0 Å². The van der Waals surface area contributed by atoms with Crippen LogP contribution in [0, 0.1) is 15.5 Å². The zero-order valence-electron chi connectivity index (χ0n) is 14.7. The van der Waals surface area contributed by atoms with E-state index in [2.05, 4.69) is 26.1 Å². The summed E-state index contributed by atoms with van der Waals surface area (Å²) in [5.41, 5.74) is -0.336. The van der Waals surface area contributed by atoms with Crippen molar-refractivity contribution < 1.29 is 19.2 Å². The van der Waals surface area contributed by atoms with Crippen LogP contribution >= 0.6 is 0 Å². The van der Waals surface area contributed by atoms with Crippen LogP contribution in [0.15, 0.2) is 24.3 Å². The molecular weight excluding hydrogens is 312 g/mol. The van der Waals surface area contributed by atoms with E-state index in [1.807, 2.05) is 13.8 Å². The zero-order chi connectivity index (χ0) is 18.5. The number of rotatable bonds is 6. The molecule has 0 radical (unpaired) electrons. The van der Waals surface area contributed by atoms with Gasteiger partial charge in [-0.25, -0.2) is 4.79 Å². The number of nitrogens with one attached hydrogen (secondary N) is 1. The summed E-state index contributed by atoms with van der Waals surface area (Å²) >= 11 is 0. The summed E-state index contributed by atoms with van der Waals surface area (Å²) in [6.45, 7) is 9.66. The SMILES string of the molecule is CC(C)(C)CC(C)(C)NC(=O)COC(=O)c1ccc([N+](=O)[O-])cc1. The van der Waals surface area contributed by atoms with Crippen molar-refractivity contribution in [1.29, 1.82) is 0 Å². The van der Waals surface area contributed by atoms with E-state index in [0.29, 0.717) is 0 Å². The van der Waals surface area contributed by atoms with E-state index in [-0.39, 0.29) is 22.6 Å². The fraction of sp³-hybridized carbons (Fsp3) is 0.529. The van der Waals surface area contributed by atoms with Crippen LogP contribution in [-0.2, 0) is 9.53 Å². The second kappa shape index (κ2) is 7.42. The smallest absolute Gasteiger partial charge is 0.338 e. The predicted molar refractivity (Wildman–Crippen MR) is 89.7 cm³/mol. The molecular formula is C17H24N2O5. The largest absolute Gasteiger partial charge is 0.452 e. The average molecular weight is 336 g/mol. The van der Waals surface area contributed by atoms with Gasteiger partial charge in [-0.15, -0.1) is 0 Å². The Morgan fingerprint density at radius 2 is 1.67 bits per heavy atom. The summed E-state index contributed by atoms with van der Waals surface area (Å²) in [6, 6.07) is 5.01. The molecule has 0 aliphatic carbocycles. The highest BCUT2D eigenvalue weighted by atomic mass is 16.6. The first-order valence-corrected chi connectivity index (χ1v) is 7.62. The molecule has 0 fully saturated rings. The average Bonchev–Trinajstić information content (AvgIpc) is 2.41. The number of ether oxygens (including phenoxy) is 1. The Morgan fingerprint density at radius 3 is 2.12 bits per heavy atom. The highest BCUT2D eigenvalue weighted by molar-refractivity contribution is 5.91. The lowest BCUT2D eigenvalue weighted by Gasteiger charge is -2.33. The standard InChI is InChI=1S/C17H24N2O5/c1-16(2,3)11-17(4,5)18-14(20)10-24-15(21)12-6-8-13(9-7-12)19(22)23/h6-9H,10-11H2,1-5H3,(H,18,20). The van der Waals surface area contributed by atoms with Gasteiger partial charge in [0.25, 0.3) is 11.6 Å². The normalized spacial score (nSPS) is 11.7. The minimum Gasteiger partial charge on any atom is -0.452 e. The first-order chi connectivity index (χ1) is 10.9. The van der Waals surface area contributed by atoms with E-state index < -0.39 is 23.0 Å². The molecule has 0 aliphatic heterocycles. The molecule has 1 amide bonds. The van der Waals surface area contributed by atoms with Gasteiger partial charge in [0.2, 0.25) is 0 Å². The third-order valence-electron chi connectivity index (χ3n) is 3.10. The maximum atomic E-state index is 11.9. The van der Waals surface area contributed by atoms with Crippen LogP contribution in [-0.4, -0.2) is 28.9 Å². The molecule has 1 aromatic carbocycles. The molecule has 7 heteroatoms. The molecule has 0 atom stereocenters. The lowest BCUT2D eigenvalue weighted by atomic mass is 9.82. The quantitative estimate of drug-likeness (QED) is 0.489. The van der Waals surface area contributed by atoms with Crippen LogP contribution in [0.1, 0.15) is 51.4 Å². The highest BCUT2D eigenvalue weighted by Crippen LogP contribution is 2.26. The molecule has 0 bridgehead atoms. The molecule has 0 spiro atoms. The summed E-state index contributed by atoms with van der Waals surface area (Å²) in [4.78, 5) is 33.8. The molecule has 0 saturated carbocycles. The van der Waals surface area contributed by atoms with Crippen molar-refractivity contribution in [3.05, 3.63) is 39.9 Å². The van der Waals surface area contributed by atoms with E-state index in [1.165, 1.54) is 24.3 Å². The van der Waals surface area contributed by atoms with E-state index in [9.17, 15) is 19.7 Å². The Labute approximate surface area is 141 Å². The Morgan fingerprint density at radius 1 is 1.12 bits per heavy atom. The second-order valence-corrected chi connectivity index (χ2v) is 7.55. The van der Waals surface area contributed by atoms with Crippen molar-refractivity contribution >= 4 is 17.6 Å². The number of non-ortho nitro benzene ring substituents is 1. The third kappa shape index (κ3) is 6.76. The first kappa shape index (κ1) is 19.6. The fourth-order valence-corrected chi connectivity index (χ4v) is 2.72. The topological polar surface area (TPSA) is 98.5 Å². The van der Waals surface area contributed by atoms with E-state index in [0.717, 1.165) is 6.42 Å². The van der Waals surface area contributed by atoms with Gasteiger partial charge < -0.3 is 10.1 Å². The number of nitro benzene ring substituents is 1. The molecule has 7 nitrogen and oxygen atoms in total. The predicted octanol–water partition coefficient (Wildman–Crippen LogP) is 3.08. The molecule has 0 saturated heterocycles. The van der Waals surface area contributed by atoms with Crippen molar-refractivity contribution in [1.82, 2.24) is 5.32 Å². The Hall–Kier alpha value is -2.44. The molecule has 24 heavy (non-hydrogen) atoms. The summed E-state index contributed by atoms with van der Waals surface area (Å²) in [5, 5.41) is 13.4. The number of hydrogen-bond donors (Lipinski definition) is 1. The molecule has 0 aliphatic rings. The number of nitrogens with zero attached hydrogens (tertiary/aromatic N) is 1. The van der Waals surface area contributed by atoms with Gasteiger partial charge in [0.15, 0.2) is 6.61 Å². The van der Waals surface area contributed by atoms with Crippen molar-refractivity contribution in [3.8, 4) is 0 Å². The fourth-order valence-electron chi connectivity index (χ4n) is 2.72. The van der Waals surface area contributed by atoms with Gasteiger partial charge in [-0.05, 0) is 37.8 Å². The number of hydrogen-bond acceptors (Lipinski definition) is 5. The first-order valence-electron chi connectivity index (χ1n) is 7.62. The number of benzene rings is 1. The minimum atomic E-state index is -0.700. The second-order valence-electron chi connectivity index (χ2n) is 7.55. The van der Waals surface area contributed by atoms with E-state index >= 15 is 0 Å². The van der Waals surface area contributed by atoms with Gasteiger partial charge in [-0.3, -0.25) is 14.9 Å². The Balaban J connectivity index is 2.54. The lowest BCUT2D eigenvalue weighted by molar-refractivity contribution is -0.384. The monoisotopic (exact) mass is 336 g/mol. The summed E-state index contributed by atoms with van der Waals surface area (Å²) in [7, 11) is 0.